The van der Waals surface area contributed by atoms with Crippen molar-refractivity contribution in [3.63, 3.8) is 0 Å². The number of methoxy groups -OCH3 is 2. The van der Waals surface area contributed by atoms with Crippen LogP contribution < -0.4 is 29.5 Å². The fourth-order valence-corrected chi connectivity index (χ4v) is 3.94. The SMILES string of the molecule is COc1cc2ncnc(Oc3cccc(NC(=O)Nc4cc(C(F)(F)F)[n+](-c5ccccc5)[nH]4)c3)c2cc1OC. The number of urea groups is 1. The Balaban J connectivity index is 1.34. The molecule has 0 atom stereocenters. The number of alkyl halides is 3. The number of fused-ring (bicyclic) bond motifs is 1. The number of aromatic amines is 1. The van der Waals surface area contributed by atoms with Gasteiger partial charge in [0.15, 0.2) is 17.3 Å². The number of halogens is 3. The van der Waals surface area contributed by atoms with E-state index < -0.39 is 17.9 Å². The van der Waals surface area contributed by atoms with Crippen molar-refractivity contribution in [2.24, 2.45) is 0 Å². The van der Waals surface area contributed by atoms with E-state index in [1.165, 1.54) is 38.7 Å². The first-order chi connectivity index (χ1) is 19.2. The first-order valence-corrected chi connectivity index (χ1v) is 11.8. The van der Waals surface area contributed by atoms with Crippen molar-refractivity contribution >= 4 is 28.4 Å². The van der Waals surface area contributed by atoms with Crippen molar-refractivity contribution in [3.05, 3.63) is 84.8 Å². The van der Waals surface area contributed by atoms with Gasteiger partial charge in [0.25, 0.3) is 0 Å². The topological polar surface area (TPSA) is 114 Å². The Morgan fingerprint density at radius 1 is 0.900 bits per heavy atom. The molecule has 0 radical (unpaired) electrons. The molecule has 2 heterocycles. The minimum Gasteiger partial charge on any atom is -0.493 e. The summed E-state index contributed by atoms with van der Waals surface area (Å²) in [6.07, 6.45) is -3.32. The second kappa shape index (κ2) is 10.8. The summed E-state index contributed by atoms with van der Waals surface area (Å²) < 4.78 is 58.4. The highest BCUT2D eigenvalue weighted by Gasteiger charge is 2.44. The smallest absolute Gasteiger partial charge is 0.480 e. The van der Waals surface area contributed by atoms with Crippen LogP contribution in [0, 0.1) is 0 Å². The van der Waals surface area contributed by atoms with Crippen molar-refractivity contribution in [2.75, 3.05) is 24.9 Å². The zero-order chi connectivity index (χ0) is 28.3. The average Bonchev–Trinajstić information content (AvgIpc) is 3.37. The summed E-state index contributed by atoms with van der Waals surface area (Å²) in [4.78, 5) is 21.1. The van der Waals surface area contributed by atoms with Gasteiger partial charge in [-0.05, 0) is 18.2 Å². The van der Waals surface area contributed by atoms with Crippen LogP contribution in [0.4, 0.5) is 29.5 Å². The normalized spacial score (nSPS) is 11.2. The maximum absolute atomic E-state index is 13.6. The molecule has 0 fully saturated rings. The second-order valence-corrected chi connectivity index (χ2v) is 8.34. The molecule has 5 aromatic rings. The number of benzene rings is 3. The number of para-hydroxylation sites is 1. The summed E-state index contributed by atoms with van der Waals surface area (Å²) in [6, 6.07) is 17.8. The minimum absolute atomic E-state index is 0.155. The van der Waals surface area contributed by atoms with Crippen LogP contribution in [0.25, 0.3) is 16.6 Å². The quantitative estimate of drug-likeness (QED) is 0.224. The van der Waals surface area contributed by atoms with Crippen molar-refractivity contribution in [3.8, 4) is 28.8 Å². The number of hydrogen-bond acceptors (Lipinski definition) is 6. The molecule has 0 spiro atoms. The Kier molecular flexibility index (Phi) is 7.10. The van der Waals surface area contributed by atoms with E-state index in [0.717, 1.165) is 10.7 Å². The van der Waals surface area contributed by atoms with Crippen LogP contribution in [0.2, 0.25) is 0 Å². The Morgan fingerprint density at radius 2 is 1.65 bits per heavy atom. The molecule has 0 aliphatic rings. The van der Waals surface area contributed by atoms with Gasteiger partial charge in [0.1, 0.15) is 12.1 Å². The maximum Gasteiger partial charge on any atom is 0.480 e. The molecular weight excluding hydrogens is 529 g/mol. The average molecular weight is 552 g/mol. The van der Waals surface area contributed by atoms with Crippen molar-refractivity contribution in [2.45, 2.75) is 6.18 Å². The predicted molar refractivity (Wildman–Crippen MR) is 139 cm³/mol. The van der Waals surface area contributed by atoms with Gasteiger partial charge in [0.2, 0.25) is 11.6 Å². The standard InChI is InChI=1S/C27H21F3N6O4/c1-38-21-12-19-20(13-22(21)39-2)31-15-32-25(19)40-18-10-6-7-16(11-18)33-26(37)34-24-14-23(27(28,29)30)36(35-24)17-8-4-3-5-9-17/h3-15H,1-2H3,(H2,33,34,35,37)/p+1. The molecule has 2 amide bonds. The van der Waals surface area contributed by atoms with Crippen LogP contribution in [-0.4, -0.2) is 35.3 Å². The second-order valence-electron chi connectivity index (χ2n) is 8.34. The van der Waals surface area contributed by atoms with Gasteiger partial charge in [0.05, 0.1) is 31.2 Å². The number of amides is 2. The van der Waals surface area contributed by atoms with E-state index in [-0.39, 0.29) is 17.4 Å². The highest BCUT2D eigenvalue weighted by atomic mass is 19.4. The summed E-state index contributed by atoms with van der Waals surface area (Å²) in [6.45, 7) is 0. The molecule has 40 heavy (non-hydrogen) atoms. The molecule has 10 nitrogen and oxygen atoms in total. The first kappa shape index (κ1) is 26.3. The van der Waals surface area contributed by atoms with Crippen LogP contribution in [-0.2, 0) is 6.18 Å². The summed E-state index contributed by atoms with van der Waals surface area (Å²) in [5, 5.41) is 8.11. The number of rotatable bonds is 7. The molecule has 13 heteroatoms. The maximum atomic E-state index is 13.6. The van der Waals surface area contributed by atoms with Gasteiger partial charge < -0.3 is 19.5 Å². The highest BCUT2D eigenvalue weighted by Crippen LogP contribution is 2.36. The highest BCUT2D eigenvalue weighted by molar-refractivity contribution is 5.99. The molecule has 0 aliphatic heterocycles. The summed E-state index contributed by atoms with van der Waals surface area (Å²) in [5.41, 5.74) is 0.163. The van der Waals surface area contributed by atoms with Gasteiger partial charge in [-0.3, -0.25) is 5.32 Å². The zero-order valence-electron chi connectivity index (χ0n) is 21.1. The lowest BCUT2D eigenvalue weighted by Crippen LogP contribution is -2.40. The number of anilines is 2. The van der Waals surface area contributed by atoms with Gasteiger partial charge in [-0.15, -0.1) is 5.10 Å². The number of H-pyrrole nitrogens is 1. The van der Waals surface area contributed by atoms with Gasteiger partial charge in [0, 0.05) is 30.0 Å². The fourth-order valence-electron chi connectivity index (χ4n) is 3.94. The van der Waals surface area contributed by atoms with Crippen LogP contribution in [0.15, 0.2) is 79.1 Å². The first-order valence-electron chi connectivity index (χ1n) is 11.8. The molecule has 3 N–H and O–H groups in total. The largest absolute Gasteiger partial charge is 0.493 e. The van der Waals surface area contributed by atoms with Crippen LogP contribution in [0.3, 0.4) is 0 Å². The lowest BCUT2D eigenvalue weighted by Gasteiger charge is -2.12. The third-order valence-electron chi connectivity index (χ3n) is 5.72. The Morgan fingerprint density at radius 3 is 2.38 bits per heavy atom. The number of aromatic nitrogens is 4. The van der Waals surface area contributed by atoms with Gasteiger partial charge in [-0.2, -0.15) is 13.2 Å². The molecule has 0 unspecified atom stereocenters. The molecule has 0 saturated carbocycles. The van der Waals surface area contributed by atoms with E-state index in [1.807, 2.05) is 0 Å². The van der Waals surface area contributed by atoms with Crippen molar-refractivity contribution in [1.29, 1.82) is 0 Å². The van der Waals surface area contributed by atoms with E-state index in [1.54, 1.807) is 48.5 Å². The molecular formula is C27H22F3N6O4+. The molecule has 2 aromatic heterocycles. The van der Waals surface area contributed by atoms with E-state index in [2.05, 4.69) is 25.7 Å². The van der Waals surface area contributed by atoms with Gasteiger partial charge in [-0.1, -0.05) is 28.9 Å². The number of ether oxygens (including phenoxy) is 3. The number of carbonyl (C=O) groups is 1. The van der Waals surface area contributed by atoms with E-state index >= 15 is 0 Å². The van der Waals surface area contributed by atoms with Crippen LogP contribution in [0.1, 0.15) is 5.69 Å². The lowest BCUT2D eigenvalue weighted by atomic mass is 10.2. The Hall–Kier alpha value is -5.33. The van der Waals surface area contributed by atoms with Crippen molar-refractivity contribution in [1.82, 2.24) is 15.1 Å². The molecule has 3 aromatic carbocycles. The molecule has 204 valence electrons. The monoisotopic (exact) mass is 551 g/mol. The van der Waals surface area contributed by atoms with Crippen LogP contribution in [0.5, 0.6) is 23.1 Å². The Bertz CT molecular complexity index is 1670. The number of carbonyl (C=O) groups excluding carboxylic acids is 1. The summed E-state index contributed by atoms with van der Waals surface area (Å²) in [5.74, 6) is 1.39. The third-order valence-corrected chi connectivity index (χ3v) is 5.72. The van der Waals surface area contributed by atoms with Gasteiger partial charge >= 0.3 is 17.9 Å². The minimum atomic E-state index is -4.66. The fraction of sp³-hybridized carbons (Fsp3) is 0.111. The van der Waals surface area contributed by atoms with E-state index in [0.29, 0.717) is 33.8 Å². The van der Waals surface area contributed by atoms with E-state index in [4.69, 9.17) is 14.2 Å². The third kappa shape index (κ3) is 5.57. The van der Waals surface area contributed by atoms with E-state index in [9.17, 15) is 18.0 Å². The van der Waals surface area contributed by atoms with Gasteiger partial charge in [-0.25, -0.2) is 14.8 Å². The molecule has 0 saturated heterocycles. The zero-order valence-corrected chi connectivity index (χ0v) is 21.1. The number of nitrogens with zero attached hydrogens (tertiary/aromatic N) is 3. The van der Waals surface area contributed by atoms with Crippen LogP contribution >= 0.6 is 0 Å². The lowest BCUT2D eigenvalue weighted by molar-refractivity contribution is -0.674. The molecule has 0 aliphatic carbocycles. The summed E-state index contributed by atoms with van der Waals surface area (Å²) in [7, 11) is 3.02. The number of hydrogen-bond donors (Lipinski definition) is 3. The molecule has 5 rings (SSSR count). The molecule has 0 bridgehead atoms. The Labute approximate surface area is 225 Å². The predicted octanol–water partition coefficient (Wildman–Crippen LogP) is 5.71. The van der Waals surface area contributed by atoms with Crippen molar-refractivity contribution < 1.29 is 36.9 Å². The summed E-state index contributed by atoms with van der Waals surface area (Å²) >= 11 is 0. The number of nitrogens with one attached hydrogen (secondary N) is 3.